The van der Waals surface area contributed by atoms with Crippen LogP contribution in [-0.2, 0) is 14.4 Å². The van der Waals surface area contributed by atoms with Crippen LogP contribution in [0.15, 0.2) is 10.6 Å². The van der Waals surface area contributed by atoms with E-state index < -0.39 is 18.0 Å². The first-order chi connectivity index (χ1) is 12.3. The van der Waals surface area contributed by atoms with Crippen molar-refractivity contribution in [2.24, 2.45) is 17.6 Å². The number of thioether (sulfide) groups is 1. The number of nitrogens with two attached hydrogens (primary N) is 1. The average molecular weight is 383 g/mol. The van der Waals surface area contributed by atoms with Crippen molar-refractivity contribution in [3.63, 3.8) is 0 Å². The number of carboxylic acids is 1. The van der Waals surface area contributed by atoms with E-state index in [9.17, 15) is 24.6 Å². The van der Waals surface area contributed by atoms with Gasteiger partial charge in [0.15, 0.2) is 0 Å². The first-order valence-electron chi connectivity index (χ1n) is 8.91. The Morgan fingerprint density at radius 3 is 2.69 bits per heavy atom. The Bertz CT molecular complexity index is 665. The molecule has 5 atom stereocenters. The number of nitrogens with zero attached hydrogens (tertiary/aromatic N) is 2. The van der Waals surface area contributed by atoms with Crippen LogP contribution >= 0.6 is 11.8 Å². The Morgan fingerprint density at radius 2 is 2.12 bits per heavy atom. The lowest BCUT2D eigenvalue weighted by Crippen LogP contribution is -2.63. The third kappa shape index (κ3) is 3.01. The zero-order valence-corrected chi connectivity index (χ0v) is 15.7. The van der Waals surface area contributed by atoms with Crippen LogP contribution in [0.1, 0.15) is 26.7 Å². The number of aliphatic hydroxyl groups is 1. The number of hydrogen-bond acceptors (Lipinski definition) is 6. The summed E-state index contributed by atoms with van der Waals surface area (Å²) in [6.45, 7) is 4.99. The van der Waals surface area contributed by atoms with Gasteiger partial charge in [0, 0.05) is 42.1 Å². The van der Waals surface area contributed by atoms with Crippen molar-refractivity contribution in [2.75, 3.05) is 19.6 Å². The molecule has 26 heavy (non-hydrogen) atoms. The summed E-state index contributed by atoms with van der Waals surface area (Å²) in [5.74, 6) is -2.11. The van der Waals surface area contributed by atoms with Crippen molar-refractivity contribution in [1.29, 1.82) is 0 Å². The number of carboxylic acid groups (broad SMARTS) is 1. The van der Waals surface area contributed by atoms with Gasteiger partial charge in [-0.15, -0.1) is 11.8 Å². The molecule has 3 aliphatic heterocycles. The second-order valence-electron chi connectivity index (χ2n) is 7.18. The standard InChI is InChI=1S/C17H25N3O5S/c1-8-13-12(9(2)21)16(23)20(13)14(17(24)25)15(8)26-10-4-6-19(7-10)11(22)3-5-18/h8-10,12-13,21H,3-7,18H2,1-2H3,(H,24,25)/t8?,9?,10?,12?,13-/m1/s1. The van der Waals surface area contributed by atoms with Gasteiger partial charge in [-0.1, -0.05) is 6.92 Å². The van der Waals surface area contributed by atoms with Crippen LogP contribution in [0.2, 0.25) is 0 Å². The van der Waals surface area contributed by atoms with Crippen LogP contribution in [0.5, 0.6) is 0 Å². The predicted molar refractivity (Wildman–Crippen MR) is 95.9 cm³/mol. The SMILES string of the molecule is CC(O)C1C(=O)N2C(C(=O)O)=C(SC3CCN(C(=O)CCN)C3)C(C)[C@H]12. The van der Waals surface area contributed by atoms with Gasteiger partial charge in [-0.3, -0.25) is 9.59 Å². The molecule has 0 aromatic carbocycles. The maximum absolute atomic E-state index is 12.3. The van der Waals surface area contributed by atoms with Crippen molar-refractivity contribution in [3.05, 3.63) is 10.6 Å². The molecule has 3 aliphatic rings. The predicted octanol–water partition coefficient (Wildman–Crippen LogP) is -0.177. The zero-order valence-electron chi connectivity index (χ0n) is 14.9. The van der Waals surface area contributed by atoms with E-state index in [1.165, 1.54) is 16.7 Å². The molecule has 0 aliphatic carbocycles. The van der Waals surface area contributed by atoms with Crippen molar-refractivity contribution < 1.29 is 24.6 Å². The van der Waals surface area contributed by atoms with Gasteiger partial charge in [0.1, 0.15) is 5.70 Å². The van der Waals surface area contributed by atoms with Crippen LogP contribution in [0, 0.1) is 11.8 Å². The molecule has 0 spiro atoms. The number of rotatable bonds is 6. The minimum Gasteiger partial charge on any atom is -0.477 e. The van der Waals surface area contributed by atoms with E-state index >= 15 is 0 Å². The van der Waals surface area contributed by atoms with Crippen molar-refractivity contribution in [3.8, 4) is 0 Å². The van der Waals surface area contributed by atoms with E-state index in [2.05, 4.69) is 0 Å². The largest absolute Gasteiger partial charge is 0.477 e. The molecule has 8 nitrogen and oxygen atoms in total. The van der Waals surface area contributed by atoms with Crippen LogP contribution < -0.4 is 5.73 Å². The maximum atomic E-state index is 12.3. The van der Waals surface area contributed by atoms with Crippen molar-refractivity contribution in [1.82, 2.24) is 9.80 Å². The molecular formula is C17H25N3O5S. The number of fused-ring (bicyclic) bond motifs is 1. The zero-order chi connectivity index (χ0) is 19.2. The number of β-lactam (4-membered cyclic amide) rings is 1. The van der Waals surface area contributed by atoms with E-state index in [1.807, 2.05) is 6.92 Å². The lowest BCUT2D eigenvalue weighted by Gasteiger charge is -2.46. The molecule has 0 saturated carbocycles. The monoisotopic (exact) mass is 383 g/mol. The van der Waals surface area contributed by atoms with E-state index in [0.29, 0.717) is 31.0 Å². The number of amides is 2. The van der Waals surface area contributed by atoms with Gasteiger partial charge in [-0.05, 0) is 13.3 Å². The number of aliphatic hydroxyl groups excluding tert-OH is 1. The van der Waals surface area contributed by atoms with E-state index in [-0.39, 0.29) is 34.7 Å². The van der Waals surface area contributed by atoms with Gasteiger partial charge in [-0.25, -0.2) is 4.79 Å². The number of likely N-dealkylation sites (tertiary alicyclic amines) is 1. The molecule has 3 rings (SSSR count). The van der Waals surface area contributed by atoms with E-state index in [1.54, 1.807) is 11.8 Å². The van der Waals surface area contributed by atoms with Gasteiger partial charge in [0.25, 0.3) is 0 Å². The number of carbonyl (C=O) groups excluding carboxylic acids is 2. The van der Waals surface area contributed by atoms with Crippen molar-refractivity contribution in [2.45, 2.75) is 44.1 Å². The highest BCUT2D eigenvalue weighted by molar-refractivity contribution is 8.03. The minimum atomic E-state index is -1.12. The van der Waals surface area contributed by atoms with Crippen LogP contribution in [-0.4, -0.2) is 74.8 Å². The third-order valence-corrected chi connectivity index (χ3v) is 7.00. The Morgan fingerprint density at radius 1 is 1.42 bits per heavy atom. The lowest BCUT2D eigenvalue weighted by molar-refractivity contribution is -0.163. The normalized spacial score (nSPS) is 31.9. The molecule has 4 N–H and O–H groups in total. The number of carbonyl (C=O) groups is 3. The first kappa shape index (κ1) is 19.2. The highest BCUT2D eigenvalue weighted by Gasteiger charge is 2.60. The van der Waals surface area contributed by atoms with Gasteiger partial charge in [0.2, 0.25) is 11.8 Å². The third-order valence-electron chi connectivity index (χ3n) is 5.46. The summed E-state index contributed by atoms with van der Waals surface area (Å²) in [5.41, 5.74) is 5.48. The van der Waals surface area contributed by atoms with Gasteiger partial charge in [0.05, 0.1) is 18.1 Å². The summed E-state index contributed by atoms with van der Waals surface area (Å²) in [7, 11) is 0. The molecule has 4 unspecified atom stereocenters. The molecule has 0 bridgehead atoms. The first-order valence-corrected chi connectivity index (χ1v) is 9.79. The van der Waals surface area contributed by atoms with Gasteiger partial charge < -0.3 is 25.7 Å². The van der Waals surface area contributed by atoms with Crippen molar-refractivity contribution >= 4 is 29.5 Å². The van der Waals surface area contributed by atoms with Crippen LogP contribution in [0.3, 0.4) is 0 Å². The number of hydrogen-bond donors (Lipinski definition) is 3. The smallest absolute Gasteiger partial charge is 0.353 e. The molecule has 144 valence electrons. The van der Waals surface area contributed by atoms with E-state index in [4.69, 9.17) is 5.73 Å². The topological polar surface area (TPSA) is 124 Å². The summed E-state index contributed by atoms with van der Waals surface area (Å²) in [5, 5.41) is 19.6. The number of aliphatic carboxylic acids is 1. The summed E-state index contributed by atoms with van der Waals surface area (Å²) >= 11 is 1.46. The quantitative estimate of drug-likeness (QED) is 0.544. The molecule has 2 amide bonds. The summed E-state index contributed by atoms with van der Waals surface area (Å²) < 4.78 is 0. The second-order valence-corrected chi connectivity index (χ2v) is 8.52. The second kappa shape index (κ2) is 7.21. The fourth-order valence-electron chi connectivity index (χ4n) is 4.19. The van der Waals surface area contributed by atoms with Crippen LogP contribution in [0.4, 0.5) is 0 Å². The van der Waals surface area contributed by atoms with Gasteiger partial charge in [-0.2, -0.15) is 0 Å². The molecular weight excluding hydrogens is 358 g/mol. The van der Waals surface area contributed by atoms with Crippen LogP contribution in [0.25, 0.3) is 0 Å². The highest BCUT2D eigenvalue weighted by atomic mass is 32.2. The highest BCUT2D eigenvalue weighted by Crippen LogP contribution is 2.51. The molecule has 0 radical (unpaired) electrons. The average Bonchev–Trinajstić information content (AvgIpc) is 3.11. The Labute approximate surface area is 156 Å². The molecule has 2 saturated heterocycles. The van der Waals surface area contributed by atoms with E-state index in [0.717, 1.165) is 6.42 Å². The Balaban J connectivity index is 1.76. The Hall–Kier alpha value is -1.58. The molecule has 2 fully saturated rings. The molecule has 3 heterocycles. The maximum Gasteiger partial charge on any atom is 0.353 e. The molecule has 0 aromatic heterocycles. The lowest BCUT2D eigenvalue weighted by atomic mass is 9.79. The fraction of sp³-hybridized carbons (Fsp3) is 0.706. The molecule has 9 heteroatoms. The fourth-order valence-corrected chi connectivity index (χ4v) is 5.68. The molecule has 0 aromatic rings. The van der Waals surface area contributed by atoms with Gasteiger partial charge >= 0.3 is 5.97 Å². The minimum absolute atomic E-state index is 0.0238. The summed E-state index contributed by atoms with van der Waals surface area (Å²) in [4.78, 5) is 39.9. The Kier molecular flexibility index (Phi) is 5.32. The summed E-state index contributed by atoms with van der Waals surface area (Å²) in [6.07, 6.45) is 0.293. The summed E-state index contributed by atoms with van der Waals surface area (Å²) in [6, 6.07) is -0.299.